The van der Waals surface area contributed by atoms with Crippen LogP contribution in [-0.4, -0.2) is 19.0 Å². The second-order valence-electron chi connectivity index (χ2n) is 3.13. The molecule has 0 aromatic heterocycles. The average molecular weight is 251 g/mol. The summed E-state index contributed by atoms with van der Waals surface area (Å²) < 4.78 is 1.02. The monoisotopic (exact) mass is 250 g/mol. The maximum absolute atomic E-state index is 8.94. The van der Waals surface area contributed by atoms with Gasteiger partial charge >= 0.3 is 0 Å². The number of nitriles is 1. The maximum atomic E-state index is 8.94. The van der Waals surface area contributed by atoms with Gasteiger partial charge in [0.25, 0.3) is 0 Å². The molecule has 0 amide bonds. The highest BCUT2D eigenvalue weighted by molar-refractivity contribution is 9.10. The lowest BCUT2D eigenvalue weighted by atomic mass is 10.1. The van der Waals surface area contributed by atoms with E-state index in [2.05, 4.69) is 22.0 Å². The molecule has 0 N–H and O–H groups in total. The summed E-state index contributed by atoms with van der Waals surface area (Å²) in [6.07, 6.45) is 1.81. The molecule has 0 fully saturated rings. The first kappa shape index (κ1) is 10.8. The lowest BCUT2D eigenvalue weighted by Crippen LogP contribution is -2.02. The summed E-state index contributed by atoms with van der Waals surface area (Å²) in [5, 5.41) is 8.94. The molecule has 0 aliphatic heterocycles. The fraction of sp³-hybridized carbons (Fsp3) is 0.182. The second kappa shape index (κ2) is 4.83. The van der Waals surface area contributed by atoms with E-state index in [4.69, 9.17) is 5.26 Å². The first-order valence-corrected chi connectivity index (χ1v) is 4.97. The van der Waals surface area contributed by atoms with Gasteiger partial charge < -0.3 is 4.90 Å². The molecule has 0 bridgehead atoms. The summed E-state index contributed by atoms with van der Waals surface area (Å²) in [7, 11) is 3.80. The van der Waals surface area contributed by atoms with Crippen molar-refractivity contribution in [1.82, 2.24) is 4.90 Å². The number of halogens is 1. The Bertz CT molecular complexity index is 371. The molecule has 0 aliphatic rings. The van der Waals surface area contributed by atoms with E-state index in [0.717, 1.165) is 10.0 Å². The van der Waals surface area contributed by atoms with Crippen molar-refractivity contribution in [2.45, 2.75) is 0 Å². The van der Waals surface area contributed by atoms with Crippen LogP contribution >= 0.6 is 15.9 Å². The van der Waals surface area contributed by atoms with Crippen molar-refractivity contribution in [2.24, 2.45) is 0 Å². The van der Waals surface area contributed by atoms with Crippen LogP contribution in [0, 0.1) is 11.3 Å². The quantitative estimate of drug-likeness (QED) is 0.755. The Morgan fingerprint density at radius 1 is 1.36 bits per heavy atom. The molecule has 1 aromatic rings. The third-order valence-electron chi connectivity index (χ3n) is 1.66. The summed E-state index contributed by atoms with van der Waals surface area (Å²) in [6.45, 7) is 0. The average Bonchev–Trinajstić information content (AvgIpc) is 2.15. The van der Waals surface area contributed by atoms with E-state index in [9.17, 15) is 0 Å². The normalized spacial score (nSPS) is 10.9. The van der Waals surface area contributed by atoms with Crippen LogP contribution in [0.4, 0.5) is 0 Å². The molecule has 0 radical (unpaired) electrons. The van der Waals surface area contributed by atoms with Gasteiger partial charge in [-0.15, -0.1) is 0 Å². The van der Waals surface area contributed by atoms with Crippen LogP contribution in [0.2, 0.25) is 0 Å². The van der Waals surface area contributed by atoms with Crippen LogP contribution < -0.4 is 0 Å². The predicted molar refractivity (Wildman–Crippen MR) is 61.4 cm³/mol. The Kier molecular flexibility index (Phi) is 3.73. The van der Waals surface area contributed by atoms with Crippen molar-refractivity contribution in [2.75, 3.05) is 14.1 Å². The number of allylic oxidation sites excluding steroid dienone is 1. The third-order valence-corrected chi connectivity index (χ3v) is 2.19. The number of nitrogens with zero attached hydrogens (tertiary/aromatic N) is 2. The summed E-state index contributed by atoms with van der Waals surface area (Å²) >= 11 is 3.35. The molecule has 14 heavy (non-hydrogen) atoms. The highest BCUT2D eigenvalue weighted by atomic mass is 79.9. The van der Waals surface area contributed by atoms with Gasteiger partial charge in [0.2, 0.25) is 0 Å². The number of rotatable bonds is 2. The largest absolute Gasteiger partial charge is 0.382 e. The van der Waals surface area contributed by atoms with E-state index in [-0.39, 0.29) is 0 Å². The van der Waals surface area contributed by atoms with Crippen LogP contribution in [0.3, 0.4) is 0 Å². The third kappa shape index (κ3) is 2.90. The van der Waals surface area contributed by atoms with E-state index < -0.39 is 0 Å². The molecular formula is C11H11BrN2. The number of hydrogen-bond donors (Lipinski definition) is 0. The Hall–Kier alpha value is -1.27. The molecule has 0 aliphatic carbocycles. The second-order valence-corrected chi connectivity index (χ2v) is 4.04. The number of benzene rings is 1. The van der Waals surface area contributed by atoms with E-state index in [1.54, 1.807) is 0 Å². The molecule has 0 saturated carbocycles. The lowest BCUT2D eigenvalue weighted by Gasteiger charge is -2.06. The van der Waals surface area contributed by atoms with Gasteiger partial charge in [-0.3, -0.25) is 0 Å². The zero-order chi connectivity index (χ0) is 10.6. The Morgan fingerprint density at radius 3 is 2.36 bits per heavy atom. The molecule has 1 aromatic carbocycles. The van der Waals surface area contributed by atoms with Gasteiger partial charge in [-0.05, 0) is 17.7 Å². The molecule has 72 valence electrons. The van der Waals surface area contributed by atoms with Crippen molar-refractivity contribution in [3.63, 3.8) is 0 Å². The van der Waals surface area contributed by atoms with Gasteiger partial charge in [0.05, 0.1) is 5.57 Å². The van der Waals surface area contributed by atoms with Gasteiger partial charge in [-0.25, -0.2) is 0 Å². The molecule has 0 spiro atoms. The van der Waals surface area contributed by atoms with E-state index in [0.29, 0.717) is 5.57 Å². The van der Waals surface area contributed by atoms with Gasteiger partial charge in [0.15, 0.2) is 0 Å². The van der Waals surface area contributed by atoms with Gasteiger partial charge in [-0.2, -0.15) is 5.26 Å². The van der Waals surface area contributed by atoms with E-state index >= 15 is 0 Å². The molecule has 2 nitrogen and oxygen atoms in total. The van der Waals surface area contributed by atoms with Crippen LogP contribution in [0.15, 0.2) is 34.9 Å². The van der Waals surface area contributed by atoms with Gasteiger partial charge in [0.1, 0.15) is 6.07 Å². The topological polar surface area (TPSA) is 27.0 Å². The molecule has 0 atom stereocenters. The minimum absolute atomic E-state index is 0.669. The van der Waals surface area contributed by atoms with Crippen molar-refractivity contribution in [3.8, 4) is 6.07 Å². The summed E-state index contributed by atoms with van der Waals surface area (Å²) in [5.74, 6) is 0. The molecule has 3 heteroatoms. The molecule has 0 heterocycles. The number of hydrogen-bond acceptors (Lipinski definition) is 2. The molecule has 0 saturated heterocycles. The minimum atomic E-state index is 0.669. The predicted octanol–water partition coefficient (Wildman–Crippen LogP) is 2.88. The van der Waals surface area contributed by atoms with Gasteiger partial charge in [0, 0.05) is 24.8 Å². The van der Waals surface area contributed by atoms with Crippen molar-refractivity contribution in [1.29, 1.82) is 5.26 Å². The Labute approximate surface area is 92.6 Å². The Morgan fingerprint density at radius 2 is 1.93 bits per heavy atom. The smallest absolute Gasteiger partial charge is 0.101 e. The first-order valence-electron chi connectivity index (χ1n) is 4.18. The Balaban J connectivity index is 3.03. The fourth-order valence-electron chi connectivity index (χ4n) is 1.06. The standard InChI is InChI=1S/C11H11BrN2/c1-14(2)8-10(7-13)9-3-5-11(12)6-4-9/h3-6,8H,1-2H3/b10-8-. The summed E-state index contributed by atoms with van der Waals surface area (Å²) in [4.78, 5) is 1.86. The lowest BCUT2D eigenvalue weighted by molar-refractivity contribution is 0.566. The van der Waals surface area contributed by atoms with Gasteiger partial charge in [-0.1, -0.05) is 28.1 Å². The van der Waals surface area contributed by atoms with Crippen molar-refractivity contribution >= 4 is 21.5 Å². The fourth-order valence-corrected chi connectivity index (χ4v) is 1.32. The zero-order valence-electron chi connectivity index (χ0n) is 8.16. The minimum Gasteiger partial charge on any atom is -0.382 e. The van der Waals surface area contributed by atoms with Crippen LogP contribution in [-0.2, 0) is 0 Å². The summed E-state index contributed by atoms with van der Waals surface area (Å²) in [5.41, 5.74) is 1.60. The molecule has 1 rings (SSSR count). The SMILES string of the molecule is CN(C)/C=C(/C#N)c1ccc(Br)cc1. The van der Waals surface area contributed by atoms with E-state index in [1.165, 1.54) is 0 Å². The van der Waals surface area contributed by atoms with Crippen LogP contribution in [0.25, 0.3) is 5.57 Å². The molecule has 0 unspecified atom stereocenters. The highest BCUT2D eigenvalue weighted by Crippen LogP contribution is 2.17. The highest BCUT2D eigenvalue weighted by Gasteiger charge is 1.99. The van der Waals surface area contributed by atoms with Crippen LogP contribution in [0.5, 0.6) is 0 Å². The molecular weight excluding hydrogens is 240 g/mol. The summed E-state index contributed by atoms with van der Waals surface area (Å²) in [6, 6.07) is 9.87. The first-order chi connectivity index (χ1) is 6.63. The van der Waals surface area contributed by atoms with Crippen molar-refractivity contribution < 1.29 is 0 Å². The zero-order valence-corrected chi connectivity index (χ0v) is 9.75. The maximum Gasteiger partial charge on any atom is 0.101 e. The van der Waals surface area contributed by atoms with Crippen molar-refractivity contribution in [3.05, 3.63) is 40.5 Å². The van der Waals surface area contributed by atoms with E-state index in [1.807, 2.05) is 49.5 Å². The van der Waals surface area contributed by atoms with Crippen LogP contribution in [0.1, 0.15) is 5.56 Å².